The number of hydroxylamine groups is 1. The first-order chi connectivity index (χ1) is 16.4. The third kappa shape index (κ3) is 4.76. The van der Waals surface area contributed by atoms with Crippen LogP contribution in [0.1, 0.15) is 45.5 Å². The number of nitrogens with one attached hydrogen (secondary N) is 2. The Morgan fingerprint density at radius 3 is 2.68 bits per heavy atom. The normalized spacial score (nSPS) is 15.1. The molecule has 0 bridgehead atoms. The van der Waals surface area contributed by atoms with E-state index in [0.717, 1.165) is 46.4 Å². The number of aromatic nitrogens is 3. The van der Waals surface area contributed by atoms with E-state index in [9.17, 15) is 4.79 Å². The van der Waals surface area contributed by atoms with Crippen molar-refractivity contribution in [1.82, 2.24) is 25.3 Å². The fourth-order valence-corrected chi connectivity index (χ4v) is 4.15. The number of rotatable bonds is 5. The van der Waals surface area contributed by atoms with E-state index in [1.54, 1.807) is 0 Å². The highest BCUT2D eigenvalue weighted by molar-refractivity contribution is 5.83. The Kier molecular flexibility index (Phi) is 5.97. The number of fused-ring (bicyclic) bond motifs is 2. The molecule has 178 valence electrons. The molecule has 2 aromatic carbocycles. The van der Waals surface area contributed by atoms with Gasteiger partial charge in [-0.25, -0.2) is 20.2 Å². The van der Waals surface area contributed by atoms with Crippen LogP contribution in [0.15, 0.2) is 46.9 Å². The highest BCUT2D eigenvalue weighted by Gasteiger charge is 2.23. The van der Waals surface area contributed by atoms with E-state index < -0.39 is 11.6 Å². The standard InChI is InChI=1S/C25H29N5O4/c1-25(2,3)34-29-24(31)26-15-22-27-19-14-16(23-28-18-6-4-5-7-21(18)33-23)8-9-20(19)30(22)17-10-12-32-13-11-17/h4-9,14,17H,10-13,15H2,1-3H3,(H2,26,29,31). The van der Waals surface area contributed by atoms with Crippen molar-refractivity contribution in [3.8, 4) is 11.5 Å². The predicted octanol–water partition coefficient (Wildman–Crippen LogP) is 4.73. The van der Waals surface area contributed by atoms with E-state index >= 15 is 0 Å². The summed E-state index contributed by atoms with van der Waals surface area (Å²) in [6.45, 7) is 7.28. The van der Waals surface area contributed by atoms with Crippen LogP contribution < -0.4 is 10.8 Å². The van der Waals surface area contributed by atoms with Crippen molar-refractivity contribution in [2.24, 2.45) is 0 Å². The Morgan fingerprint density at radius 2 is 1.91 bits per heavy atom. The van der Waals surface area contributed by atoms with Crippen molar-refractivity contribution >= 4 is 28.2 Å². The molecule has 5 rings (SSSR count). The molecule has 0 unspecified atom stereocenters. The molecule has 2 aromatic heterocycles. The molecule has 0 spiro atoms. The first-order valence-electron chi connectivity index (χ1n) is 11.5. The lowest BCUT2D eigenvalue weighted by Gasteiger charge is -2.26. The number of oxazole rings is 1. The monoisotopic (exact) mass is 463 g/mol. The average Bonchev–Trinajstić information content (AvgIpc) is 3.42. The third-order valence-corrected chi connectivity index (χ3v) is 5.72. The molecule has 9 nitrogen and oxygen atoms in total. The maximum Gasteiger partial charge on any atom is 0.339 e. The van der Waals surface area contributed by atoms with Crippen molar-refractivity contribution in [3.05, 3.63) is 48.3 Å². The molecule has 1 aliphatic heterocycles. The Hall–Kier alpha value is -3.43. The largest absolute Gasteiger partial charge is 0.436 e. The maximum atomic E-state index is 12.3. The maximum absolute atomic E-state index is 12.3. The van der Waals surface area contributed by atoms with Gasteiger partial charge < -0.3 is 19.0 Å². The van der Waals surface area contributed by atoms with Crippen molar-refractivity contribution in [2.75, 3.05) is 13.2 Å². The molecular weight excluding hydrogens is 434 g/mol. The fraction of sp³-hybridized carbons (Fsp3) is 0.400. The van der Waals surface area contributed by atoms with Gasteiger partial charge >= 0.3 is 6.03 Å². The Morgan fingerprint density at radius 1 is 1.12 bits per heavy atom. The minimum absolute atomic E-state index is 0.250. The lowest BCUT2D eigenvalue weighted by atomic mass is 10.1. The van der Waals surface area contributed by atoms with Crippen molar-refractivity contribution in [3.63, 3.8) is 0 Å². The summed E-state index contributed by atoms with van der Waals surface area (Å²) in [6, 6.07) is 13.6. The first kappa shape index (κ1) is 22.4. The second-order valence-corrected chi connectivity index (χ2v) is 9.43. The number of carbonyl (C=O) groups is 1. The van der Waals surface area contributed by atoms with Crippen LogP contribution in [-0.4, -0.2) is 39.4 Å². The van der Waals surface area contributed by atoms with Gasteiger partial charge in [-0.05, 0) is 63.9 Å². The first-order valence-corrected chi connectivity index (χ1v) is 11.5. The SMILES string of the molecule is CC(C)(C)ONC(=O)NCc1nc2cc(-c3nc4ccccc4o3)ccc2n1C1CCOCC1. The number of carbonyl (C=O) groups excluding carboxylic acids is 1. The summed E-state index contributed by atoms with van der Waals surface area (Å²) >= 11 is 0. The molecule has 0 radical (unpaired) electrons. The smallest absolute Gasteiger partial charge is 0.339 e. The average molecular weight is 464 g/mol. The summed E-state index contributed by atoms with van der Waals surface area (Å²) in [5, 5.41) is 2.86. The summed E-state index contributed by atoms with van der Waals surface area (Å²) in [7, 11) is 0. The lowest BCUT2D eigenvalue weighted by molar-refractivity contribution is -0.0529. The highest BCUT2D eigenvalue weighted by atomic mass is 16.7. The van der Waals surface area contributed by atoms with Gasteiger partial charge in [0, 0.05) is 24.8 Å². The summed E-state index contributed by atoms with van der Waals surface area (Å²) in [5.74, 6) is 1.34. The van der Waals surface area contributed by atoms with Gasteiger partial charge in [0.05, 0.1) is 23.2 Å². The number of imidazole rings is 1. The number of nitrogens with zero attached hydrogens (tertiary/aromatic N) is 3. The number of hydrogen-bond acceptors (Lipinski definition) is 6. The number of hydrogen-bond donors (Lipinski definition) is 2. The zero-order valence-corrected chi connectivity index (χ0v) is 19.6. The molecule has 1 fully saturated rings. The zero-order chi connectivity index (χ0) is 23.7. The van der Waals surface area contributed by atoms with Crippen molar-refractivity contribution < 1.29 is 18.8 Å². The highest BCUT2D eigenvalue weighted by Crippen LogP contribution is 2.31. The number of amides is 2. The molecule has 0 saturated carbocycles. The molecule has 1 aliphatic rings. The molecular formula is C25H29N5O4. The van der Waals surface area contributed by atoms with Gasteiger partial charge in [-0.3, -0.25) is 4.84 Å². The molecule has 2 amide bonds. The van der Waals surface area contributed by atoms with Crippen molar-refractivity contribution in [2.45, 2.75) is 51.8 Å². The second-order valence-electron chi connectivity index (χ2n) is 9.43. The van der Waals surface area contributed by atoms with Crippen LogP contribution in [0, 0.1) is 0 Å². The lowest BCUT2D eigenvalue weighted by Crippen LogP contribution is -2.40. The van der Waals surface area contributed by atoms with E-state index in [1.807, 2.05) is 63.2 Å². The van der Waals surface area contributed by atoms with Gasteiger partial charge in [0.1, 0.15) is 11.3 Å². The molecule has 34 heavy (non-hydrogen) atoms. The van der Waals surface area contributed by atoms with E-state index in [-0.39, 0.29) is 12.6 Å². The van der Waals surface area contributed by atoms with Gasteiger partial charge in [-0.2, -0.15) is 0 Å². The minimum atomic E-state index is -0.478. The summed E-state index contributed by atoms with van der Waals surface area (Å²) in [5.41, 5.74) is 6.22. The summed E-state index contributed by atoms with van der Waals surface area (Å²) in [6.07, 6.45) is 1.79. The predicted molar refractivity (Wildman–Crippen MR) is 128 cm³/mol. The van der Waals surface area contributed by atoms with Crippen molar-refractivity contribution in [1.29, 1.82) is 0 Å². The Bertz CT molecular complexity index is 1280. The Labute approximate surface area is 197 Å². The summed E-state index contributed by atoms with van der Waals surface area (Å²) in [4.78, 5) is 27.1. The summed E-state index contributed by atoms with van der Waals surface area (Å²) < 4.78 is 13.7. The van der Waals surface area contributed by atoms with Gasteiger partial charge in [0.25, 0.3) is 0 Å². The van der Waals surface area contributed by atoms with E-state index in [2.05, 4.69) is 20.3 Å². The van der Waals surface area contributed by atoms with Crippen LogP contribution in [0.4, 0.5) is 4.79 Å². The quantitative estimate of drug-likeness (QED) is 0.415. The molecule has 3 heterocycles. The zero-order valence-electron chi connectivity index (χ0n) is 19.6. The van der Waals surface area contributed by atoms with E-state index in [1.165, 1.54) is 0 Å². The van der Waals surface area contributed by atoms with Gasteiger partial charge in [-0.1, -0.05) is 12.1 Å². The number of benzene rings is 2. The van der Waals surface area contributed by atoms with E-state index in [0.29, 0.717) is 19.1 Å². The Balaban J connectivity index is 1.45. The van der Waals surface area contributed by atoms with Crippen LogP contribution in [-0.2, 0) is 16.1 Å². The number of para-hydroxylation sites is 2. The fourth-order valence-electron chi connectivity index (χ4n) is 4.15. The molecule has 0 aliphatic carbocycles. The van der Waals surface area contributed by atoms with Crippen LogP contribution >= 0.6 is 0 Å². The van der Waals surface area contributed by atoms with Gasteiger partial charge in [-0.15, -0.1) is 0 Å². The number of urea groups is 1. The molecule has 9 heteroatoms. The minimum Gasteiger partial charge on any atom is -0.436 e. The van der Waals surface area contributed by atoms with Gasteiger partial charge in [0.2, 0.25) is 5.89 Å². The number of ether oxygens (including phenoxy) is 1. The van der Waals surface area contributed by atoms with Crippen LogP contribution in [0.3, 0.4) is 0 Å². The molecule has 2 N–H and O–H groups in total. The second kappa shape index (κ2) is 9.08. The molecule has 0 atom stereocenters. The topological polar surface area (TPSA) is 103 Å². The molecule has 1 saturated heterocycles. The molecule has 4 aromatic rings. The van der Waals surface area contributed by atoms with Crippen LogP contribution in [0.2, 0.25) is 0 Å². The van der Waals surface area contributed by atoms with E-state index in [4.69, 9.17) is 19.0 Å². The van der Waals surface area contributed by atoms with Crippen LogP contribution in [0.25, 0.3) is 33.6 Å². The van der Waals surface area contributed by atoms with Crippen LogP contribution in [0.5, 0.6) is 0 Å². The third-order valence-electron chi connectivity index (χ3n) is 5.72. The van der Waals surface area contributed by atoms with Gasteiger partial charge in [0.15, 0.2) is 5.58 Å².